The van der Waals surface area contributed by atoms with E-state index in [0.29, 0.717) is 18.9 Å². The Morgan fingerprint density at radius 2 is 1.88 bits per heavy atom. The van der Waals surface area contributed by atoms with Crippen LogP contribution in [0.15, 0.2) is 36.7 Å². The average molecular weight is 228 g/mol. The van der Waals surface area contributed by atoms with Crippen molar-refractivity contribution in [3.05, 3.63) is 36.7 Å². The highest BCUT2D eigenvalue weighted by Gasteiger charge is 2.13. The molecule has 0 aliphatic carbocycles. The minimum Gasteiger partial charge on any atom is -0.486 e. The summed E-state index contributed by atoms with van der Waals surface area (Å²) >= 11 is 0. The molecule has 86 valence electrons. The molecule has 0 unspecified atom stereocenters. The molecule has 3 rings (SSSR count). The van der Waals surface area contributed by atoms with E-state index in [-0.39, 0.29) is 0 Å². The van der Waals surface area contributed by atoms with Crippen LogP contribution in [-0.4, -0.2) is 18.2 Å². The zero-order valence-electron chi connectivity index (χ0n) is 9.22. The molecule has 0 saturated heterocycles. The normalized spacial score (nSPS) is 13.4. The zero-order valence-corrected chi connectivity index (χ0v) is 9.22. The Bertz CT molecular complexity index is 555. The van der Waals surface area contributed by atoms with Crippen molar-refractivity contribution in [2.75, 3.05) is 18.9 Å². The van der Waals surface area contributed by atoms with E-state index >= 15 is 0 Å². The van der Waals surface area contributed by atoms with Crippen LogP contribution in [0.4, 0.5) is 5.69 Å². The van der Waals surface area contributed by atoms with Gasteiger partial charge < -0.3 is 15.2 Å². The number of anilines is 1. The van der Waals surface area contributed by atoms with Crippen molar-refractivity contribution in [1.29, 1.82) is 0 Å². The van der Waals surface area contributed by atoms with Crippen LogP contribution in [0.25, 0.3) is 11.1 Å². The molecule has 17 heavy (non-hydrogen) atoms. The molecule has 0 atom stereocenters. The lowest BCUT2D eigenvalue weighted by atomic mass is 10.1. The van der Waals surface area contributed by atoms with Gasteiger partial charge in [0.25, 0.3) is 0 Å². The van der Waals surface area contributed by atoms with Gasteiger partial charge in [0, 0.05) is 23.6 Å². The molecule has 2 heterocycles. The lowest BCUT2D eigenvalue weighted by Crippen LogP contribution is -2.15. The number of nitrogens with zero attached hydrogens (tertiary/aromatic N) is 1. The molecular formula is C13H12N2O2. The molecule has 0 fully saturated rings. The molecule has 0 radical (unpaired) electrons. The Labute approximate surface area is 99.0 Å². The summed E-state index contributed by atoms with van der Waals surface area (Å²) in [5, 5.41) is 0. The van der Waals surface area contributed by atoms with E-state index in [1.807, 2.05) is 18.2 Å². The average Bonchev–Trinajstić information content (AvgIpc) is 2.39. The van der Waals surface area contributed by atoms with Crippen molar-refractivity contribution >= 4 is 5.69 Å². The Kier molecular flexibility index (Phi) is 2.33. The van der Waals surface area contributed by atoms with Gasteiger partial charge in [0.15, 0.2) is 11.5 Å². The first-order valence-corrected chi connectivity index (χ1v) is 5.44. The van der Waals surface area contributed by atoms with Crippen LogP contribution in [0.3, 0.4) is 0 Å². The second kappa shape index (κ2) is 3.97. The molecule has 0 spiro atoms. The minimum atomic E-state index is 0.582. The highest BCUT2D eigenvalue weighted by atomic mass is 16.6. The summed E-state index contributed by atoms with van der Waals surface area (Å²) in [5.41, 5.74) is 8.51. The maximum Gasteiger partial charge on any atom is 0.161 e. The van der Waals surface area contributed by atoms with Crippen LogP contribution in [0.2, 0.25) is 0 Å². The highest BCUT2D eigenvalue weighted by Crippen LogP contribution is 2.35. The Hall–Kier alpha value is -2.23. The van der Waals surface area contributed by atoms with E-state index in [1.54, 1.807) is 18.5 Å². The molecule has 1 aliphatic rings. The van der Waals surface area contributed by atoms with Gasteiger partial charge in [0.05, 0.1) is 0 Å². The third-order valence-electron chi connectivity index (χ3n) is 2.71. The highest BCUT2D eigenvalue weighted by molar-refractivity contribution is 5.76. The number of fused-ring (bicyclic) bond motifs is 1. The molecule has 1 aromatic carbocycles. The first-order valence-electron chi connectivity index (χ1n) is 5.44. The van der Waals surface area contributed by atoms with Crippen LogP contribution in [0, 0.1) is 0 Å². The molecule has 2 aromatic rings. The van der Waals surface area contributed by atoms with Crippen molar-refractivity contribution in [2.24, 2.45) is 0 Å². The summed E-state index contributed by atoms with van der Waals surface area (Å²) < 4.78 is 11.0. The predicted octanol–water partition coefficient (Wildman–Crippen LogP) is 2.10. The fraction of sp³-hybridized carbons (Fsp3) is 0.154. The molecule has 4 nitrogen and oxygen atoms in total. The largest absolute Gasteiger partial charge is 0.486 e. The number of nitrogen functional groups attached to an aromatic ring is 1. The van der Waals surface area contributed by atoms with Crippen LogP contribution >= 0.6 is 0 Å². The van der Waals surface area contributed by atoms with Crippen molar-refractivity contribution in [2.45, 2.75) is 0 Å². The molecule has 0 amide bonds. The molecule has 1 aromatic heterocycles. The SMILES string of the molecule is Nc1ccncc1-c1ccc2c(c1)OCCO2. The maximum absolute atomic E-state index is 5.92. The zero-order chi connectivity index (χ0) is 11.7. The molecular weight excluding hydrogens is 216 g/mol. The van der Waals surface area contributed by atoms with Crippen molar-refractivity contribution < 1.29 is 9.47 Å². The Morgan fingerprint density at radius 1 is 1.06 bits per heavy atom. The third-order valence-corrected chi connectivity index (χ3v) is 2.71. The summed E-state index contributed by atoms with van der Waals surface area (Å²) in [4.78, 5) is 4.08. The van der Waals surface area contributed by atoms with E-state index in [9.17, 15) is 0 Å². The minimum absolute atomic E-state index is 0.582. The van der Waals surface area contributed by atoms with Gasteiger partial charge in [-0.1, -0.05) is 6.07 Å². The number of pyridine rings is 1. The van der Waals surface area contributed by atoms with Gasteiger partial charge in [-0.05, 0) is 23.8 Å². The number of hydrogen-bond donors (Lipinski definition) is 1. The van der Waals surface area contributed by atoms with Crippen LogP contribution in [0.5, 0.6) is 11.5 Å². The van der Waals surface area contributed by atoms with Crippen LogP contribution in [-0.2, 0) is 0 Å². The fourth-order valence-electron chi connectivity index (χ4n) is 1.86. The van der Waals surface area contributed by atoms with Crippen molar-refractivity contribution in [1.82, 2.24) is 4.98 Å². The first kappa shape index (κ1) is 9.96. The van der Waals surface area contributed by atoms with Crippen molar-refractivity contribution in [3.8, 4) is 22.6 Å². The first-order chi connectivity index (χ1) is 8.34. The molecule has 0 bridgehead atoms. The fourth-order valence-corrected chi connectivity index (χ4v) is 1.86. The van der Waals surface area contributed by atoms with Gasteiger partial charge in [-0.3, -0.25) is 4.98 Å². The van der Waals surface area contributed by atoms with Crippen LogP contribution in [0.1, 0.15) is 0 Å². The number of benzene rings is 1. The summed E-state index contributed by atoms with van der Waals surface area (Å²) in [6.45, 7) is 1.18. The predicted molar refractivity (Wildman–Crippen MR) is 65.1 cm³/mol. The standard InChI is InChI=1S/C13H12N2O2/c14-11-3-4-15-8-10(11)9-1-2-12-13(7-9)17-6-5-16-12/h1-4,7-8H,5-6H2,(H2,14,15). The number of rotatable bonds is 1. The van der Waals surface area contributed by atoms with E-state index < -0.39 is 0 Å². The van der Waals surface area contributed by atoms with E-state index in [0.717, 1.165) is 22.6 Å². The number of aromatic nitrogens is 1. The number of hydrogen-bond acceptors (Lipinski definition) is 4. The topological polar surface area (TPSA) is 57.4 Å². The number of nitrogens with two attached hydrogens (primary N) is 1. The lowest BCUT2D eigenvalue weighted by molar-refractivity contribution is 0.171. The van der Waals surface area contributed by atoms with Gasteiger partial charge >= 0.3 is 0 Å². The van der Waals surface area contributed by atoms with Gasteiger partial charge in [-0.2, -0.15) is 0 Å². The summed E-state index contributed by atoms with van der Waals surface area (Å²) in [5.74, 6) is 1.54. The smallest absolute Gasteiger partial charge is 0.161 e. The van der Waals surface area contributed by atoms with Gasteiger partial charge in [0.2, 0.25) is 0 Å². The summed E-state index contributed by atoms with van der Waals surface area (Å²) in [7, 11) is 0. The summed E-state index contributed by atoms with van der Waals surface area (Å²) in [6.07, 6.45) is 3.43. The van der Waals surface area contributed by atoms with Crippen molar-refractivity contribution in [3.63, 3.8) is 0 Å². The molecule has 4 heteroatoms. The Morgan fingerprint density at radius 3 is 2.71 bits per heavy atom. The van der Waals surface area contributed by atoms with Gasteiger partial charge in [-0.25, -0.2) is 0 Å². The van der Waals surface area contributed by atoms with E-state index in [4.69, 9.17) is 15.2 Å². The maximum atomic E-state index is 5.92. The van der Waals surface area contributed by atoms with Gasteiger partial charge in [0.1, 0.15) is 13.2 Å². The second-order valence-corrected chi connectivity index (χ2v) is 3.82. The summed E-state index contributed by atoms with van der Waals surface area (Å²) in [6, 6.07) is 7.57. The second-order valence-electron chi connectivity index (χ2n) is 3.82. The Balaban J connectivity index is 2.07. The third kappa shape index (κ3) is 1.78. The van der Waals surface area contributed by atoms with Crippen LogP contribution < -0.4 is 15.2 Å². The van der Waals surface area contributed by atoms with E-state index in [2.05, 4.69) is 4.98 Å². The number of ether oxygens (including phenoxy) is 2. The van der Waals surface area contributed by atoms with Gasteiger partial charge in [-0.15, -0.1) is 0 Å². The molecule has 2 N–H and O–H groups in total. The lowest BCUT2D eigenvalue weighted by Gasteiger charge is -2.19. The molecule has 0 saturated carbocycles. The molecule has 1 aliphatic heterocycles. The quantitative estimate of drug-likeness (QED) is 0.812. The van der Waals surface area contributed by atoms with E-state index in [1.165, 1.54) is 0 Å². The monoisotopic (exact) mass is 228 g/mol.